The molecule has 3 unspecified atom stereocenters. The van der Waals surface area contributed by atoms with E-state index in [1.807, 2.05) is 0 Å². The van der Waals surface area contributed by atoms with Crippen molar-refractivity contribution in [1.29, 1.82) is 0 Å². The van der Waals surface area contributed by atoms with Crippen molar-refractivity contribution in [2.24, 2.45) is 5.73 Å². The van der Waals surface area contributed by atoms with Crippen LogP contribution in [0.2, 0.25) is 0 Å². The van der Waals surface area contributed by atoms with E-state index in [-0.39, 0.29) is 0 Å². The zero-order valence-corrected chi connectivity index (χ0v) is 12.1. The summed E-state index contributed by atoms with van der Waals surface area (Å²) in [5.74, 6) is 0. The highest BCUT2D eigenvalue weighted by Gasteiger charge is 2.50. The van der Waals surface area contributed by atoms with Crippen LogP contribution in [0.5, 0.6) is 0 Å². The van der Waals surface area contributed by atoms with Crippen LogP contribution in [0.15, 0.2) is 0 Å². The minimum Gasteiger partial charge on any atom is -0.329 e. The molecule has 104 valence electrons. The summed E-state index contributed by atoms with van der Waals surface area (Å²) in [5, 5.41) is 0. The average Bonchev–Trinajstić information content (AvgIpc) is 2.63. The van der Waals surface area contributed by atoms with Gasteiger partial charge in [0.25, 0.3) is 0 Å². The summed E-state index contributed by atoms with van der Waals surface area (Å²) < 4.78 is 0. The molecule has 0 aromatic rings. The summed E-state index contributed by atoms with van der Waals surface area (Å²) >= 11 is 0. The van der Waals surface area contributed by atoms with Crippen LogP contribution < -0.4 is 5.73 Å². The van der Waals surface area contributed by atoms with Crippen LogP contribution >= 0.6 is 0 Å². The fourth-order valence-electron chi connectivity index (χ4n) is 4.86. The molecule has 3 rings (SSSR count). The second kappa shape index (κ2) is 4.77. The molecule has 0 radical (unpaired) electrons. The second-order valence-corrected chi connectivity index (χ2v) is 6.93. The predicted octanol–water partition coefficient (Wildman–Crippen LogP) is 1.81. The van der Waals surface area contributed by atoms with Crippen LogP contribution in [-0.4, -0.2) is 53.6 Å². The van der Waals surface area contributed by atoms with Crippen LogP contribution in [0.25, 0.3) is 0 Å². The zero-order valence-electron chi connectivity index (χ0n) is 12.1. The SMILES string of the molecule is CC1CCCCN1C1(CN)CC2CCC(C1)N2C. The van der Waals surface area contributed by atoms with Crippen molar-refractivity contribution in [2.75, 3.05) is 20.1 Å². The molecular formula is C15H29N3. The fourth-order valence-corrected chi connectivity index (χ4v) is 4.86. The lowest BCUT2D eigenvalue weighted by atomic mass is 9.79. The van der Waals surface area contributed by atoms with Gasteiger partial charge >= 0.3 is 0 Å². The van der Waals surface area contributed by atoms with E-state index in [2.05, 4.69) is 23.8 Å². The van der Waals surface area contributed by atoms with Gasteiger partial charge in [-0.1, -0.05) is 6.42 Å². The molecule has 3 nitrogen and oxygen atoms in total. The molecule has 3 aliphatic rings. The number of nitrogens with zero attached hydrogens (tertiary/aromatic N) is 2. The van der Waals surface area contributed by atoms with Crippen LogP contribution in [0.4, 0.5) is 0 Å². The van der Waals surface area contributed by atoms with E-state index in [1.165, 1.54) is 51.5 Å². The lowest BCUT2D eigenvalue weighted by Crippen LogP contribution is -2.64. The Balaban J connectivity index is 1.82. The van der Waals surface area contributed by atoms with Crippen molar-refractivity contribution in [3.05, 3.63) is 0 Å². The number of likely N-dealkylation sites (tertiary alicyclic amines) is 1. The van der Waals surface area contributed by atoms with E-state index >= 15 is 0 Å². The van der Waals surface area contributed by atoms with Crippen molar-refractivity contribution in [2.45, 2.75) is 75.5 Å². The Morgan fingerprint density at radius 2 is 1.78 bits per heavy atom. The first-order valence-corrected chi connectivity index (χ1v) is 7.85. The van der Waals surface area contributed by atoms with E-state index in [0.717, 1.165) is 24.7 Å². The van der Waals surface area contributed by atoms with Crippen molar-refractivity contribution in [3.63, 3.8) is 0 Å². The lowest BCUT2D eigenvalue weighted by molar-refractivity contribution is -0.0339. The molecule has 0 spiro atoms. The third-order valence-corrected chi connectivity index (χ3v) is 6.01. The molecule has 3 heterocycles. The van der Waals surface area contributed by atoms with Crippen LogP contribution in [0.1, 0.15) is 51.9 Å². The molecule has 3 fully saturated rings. The molecule has 3 aliphatic heterocycles. The number of hydrogen-bond donors (Lipinski definition) is 1. The Morgan fingerprint density at radius 1 is 1.11 bits per heavy atom. The van der Waals surface area contributed by atoms with Crippen LogP contribution in [-0.2, 0) is 0 Å². The van der Waals surface area contributed by atoms with E-state index in [9.17, 15) is 0 Å². The summed E-state index contributed by atoms with van der Waals surface area (Å²) in [7, 11) is 2.32. The summed E-state index contributed by atoms with van der Waals surface area (Å²) in [6.07, 6.45) is 9.55. The first kappa shape index (κ1) is 12.9. The van der Waals surface area contributed by atoms with E-state index in [1.54, 1.807) is 0 Å². The monoisotopic (exact) mass is 251 g/mol. The van der Waals surface area contributed by atoms with Crippen molar-refractivity contribution in [3.8, 4) is 0 Å². The van der Waals surface area contributed by atoms with Gasteiger partial charge in [-0.05, 0) is 59.0 Å². The molecule has 3 heteroatoms. The molecule has 18 heavy (non-hydrogen) atoms. The highest BCUT2D eigenvalue weighted by Crippen LogP contribution is 2.44. The fraction of sp³-hybridized carbons (Fsp3) is 1.00. The first-order valence-electron chi connectivity index (χ1n) is 7.85. The predicted molar refractivity (Wildman–Crippen MR) is 75.6 cm³/mol. The van der Waals surface area contributed by atoms with E-state index < -0.39 is 0 Å². The smallest absolute Gasteiger partial charge is 0.0364 e. The minimum absolute atomic E-state index is 0.318. The van der Waals surface area contributed by atoms with Gasteiger partial charge in [0, 0.05) is 30.2 Å². The Morgan fingerprint density at radius 3 is 2.33 bits per heavy atom. The maximum absolute atomic E-state index is 6.27. The third-order valence-electron chi connectivity index (χ3n) is 6.01. The van der Waals surface area contributed by atoms with Gasteiger partial charge in [-0.2, -0.15) is 0 Å². The molecule has 0 aliphatic carbocycles. The molecule has 2 bridgehead atoms. The average molecular weight is 251 g/mol. The van der Waals surface area contributed by atoms with Gasteiger partial charge in [-0.25, -0.2) is 0 Å². The molecule has 0 amide bonds. The number of hydrogen-bond acceptors (Lipinski definition) is 3. The van der Waals surface area contributed by atoms with Gasteiger partial charge in [0.15, 0.2) is 0 Å². The maximum Gasteiger partial charge on any atom is 0.0364 e. The maximum atomic E-state index is 6.27. The zero-order chi connectivity index (χ0) is 12.8. The van der Waals surface area contributed by atoms with Crippen molar-refractivity contribution in [1.82, 2.24) is 9.80 Å². The highest BCUT2D eigenvalue weighted by atomic mass is 15.3. The molecule has 0 saturated carbocycles. The van der Waals surface area contributed by atoms with E-state index in [4.69, 9.17) is 5.73 Å². The highest BCUT2D eigenvalue weighted by molar-refractivity contribution is 5.07. The van der Waals surface area contributed by atoms with E-state index in [0.29, 0.717) is 5.54 Å². The summed E-state index contributed by atoms with van der Waals surface area (Å²) in [6.45, 7) is 4.55. The van der Waals surface area contributed by atoms with Crippen LogP contribution in [0.3, 0.4) is 0 Å². The standard InChI is InChI=1S/C15H29N3/c1-12-5-3-4-8-18(12)15(11-16)9-13-6-7-14(10-15)17(13)2/h12-14H,3-11,16H2,1-2H3. The normalized spacial score (nSPS) is 46.5. The minimum atomic E-state index is 0.318. The Labute approximate surface area is 112 Å². The quantitative estimate of drug-likeness (QED) is 0.812. The molecule has 0 aromatic carbocycles. The first-order chi connectivity index (χ1) is 8.66. The molecule has 0 aromatic heterocycles. The largest absolute Gasteiger partial charge is 0.329 e. The molecule has 3 saturated heterocycles. The Kier molecular flexibility index (Phi) is 3.41. The summed E-state index contributed by atoms with van der Waals surface area (Å²) in [5.41, 5.74) is 6.59. The van der Waals surface area contributed by atoms with Gasteiger partial charge in [-0.3, -0.25) is 4.90 Å². The topological polar surface area (TPSA) is 32.5 Å². The van der Waals surface area contributed by atoms with Gasteiger partial charge in [0.2, 0.25) is 0 Å². The number of rotatable bonds is 2. The Hall–Kier alpha value is -0.120. The summed E-state index contributed by atoms with van der Waals surface area (Å²) in [4.78, 5) is 5.41. The number of piperidine rings is 2. The van der Waals surface area contributed by atoms with Crippen molar-refractivity contribution >= 4 is 0 Å². The molecule has 3 atom stereocenters. The van der Waals surface area contributed by atoms with Crippen molar-refractivity contribution < 1.29 is 0 Å². The van der Waals surface area contributed by atoms with Gasteiger partial charge in [-0.15, -0.1) is 0 Å². The van der Waals surface area contributed by atoms with Gasteiger partial charge in [0.1, 0.15) is 0 Å². The third kappa shape index (κ3) is 1.91. The Bertz CT molecular complexity index is 290. The summed E-state index contributed by atoms with van der Waals surface area (Å²) in [6, 6.07) is 2.33. The molecular weight excluding hydrogens is 222 g/mol. The number of nitrogens with two attached hydrogens (primary N) is 1. The lowest BCUT2D eigenvalue weighted by Gasteiger charge is -2.54. The number of fused-ring (bicyclic) bond motifs is 2. The van der Waals surface area contributed by atoms with Gasteiger partial charge < -0.3 is 10.6 Å². The van der Waals surface area contributed by atoms with Gasteiger partial charge in [0.05, 0.1) is 0 Å². The molecule has 2 N–H and O–H groups in total. The van der Waals surface area contributed by atoms with Crippen LogP contribution in [0, 0.1) is 0 Å². The second-order valence-electron chi connectivity index (χ2n) is 6.93.